The van der Waals surface area contributed by atoms with Crippen molar-refractivity contribution in [2.24, 2.45) is 0 Å². The first-order chi connectivity index (χ1) is 11.8. The Morgan fingerprint density at radius 2 is 2.33 bits per heavy atom. The monoisotopic (exact) mass is 357 g/mol. The standard InChI is InChI=1S/C18H19N3OS2/c19-10-13-12-4-1-6-15(12)24-18(13)20-17(22)11-21-8-2-5-14(21)16-7-3-9-23-16/h3,7,9,14H,1-2,4-6,8,11H2,(H,20,22)/t14-/m1/s1. The Morgan fingerprint density at radius 1 is 1.42 bits per heavy atom. The highest BCUT2D eigenvalue weighted by Gasteiger charge is 2.29. The Bertz CT molecular complexity index is 788. The van der Waals surface area contributed by atoms with Gasteiger partial charge in [0.05, 0.1) is 12.1 Å². The van der Waals surface area contributed by atoms with E-state index < -0.39 is 0 Å². The van der Waals surface area contributed by atoms with Gasteiger partial charge >= 0.3 is 0 Å². The van der Waals surface area contributed by atoms with Crippen LogP contribution in [-0.2, 0) is 17.6 Å². The first-order valence-corrected chi connectivity index (χ1v) is 10.1. The minimum absolute atomic E-state index is 0.00474. The smallest absolute Gasteiger partial charge is 0.239 e. The number of nitrogens with one attached hydrogen (secondary N) is 1. The van der Waals surface area contributed by atoms with E-state index in [4.69, 9.17) is 0 Å². The van der Waals surface area contributed by atoms with Crippen molar-refractivity contribution >= 4 is 33.6 Å². The largest absolute Gasteiger partial charge is 0.315 e. The lowest BCUT2D eigenvalue weighted by atomic mass is 10.1. The summed E-state index contributed by atoms with van der Waals surface area (Å²) in [5.74, 6) is -0.00474. The molecule has 6 heteroatoms. The summed E-state index contributed by atoms with van der Waals surface area (Å²) < 4.78 is 0. The molecule has 4 rings (SSSR count). The summed E-state index contributed by atoms with van der Waals surface area (Å²) in [6, 6.07) is 6.88. The fraction of sp³-hybridized carbons (Fsp3) is 0.444. The van der Waals surface area contributed by atoms with Crippen LogP contribution in [0.1, 0.15) is 46.2 Å². The summed E-state index contributed by atoms with van der Waals surface area (Å²) in [6.45, 7) is 1.36. The molecule has 0 radical (unpaired) electrons. The van der Waals surface area contributed by atoms with E-state index in [1.165, 1.54) is 9.75 Å². The van der Waals surface area contributed by atoms with E-state index in [0.717, 1.165) is 49.2 Å². The van der Waals surface area contributed by atoms with Crippen LogP contribution >= 0.6 is 22.7 Å². The van der Waals surface area contributed by atoms with E-state index in [1.54, 1.807) is 22.7 Å². The molecule has 1 atom stereocenters. The number of aryl methyl sites for hydroxylation is 1. The number of thiophene rings is 2. The van der Waals surface area contributed by atoms with Gasteiger partial charge in [0.25, 0.3) is 0 Å². The molecular formula is C18H19N3OS2. The van der Waals surface area contributed by atoms with E-state index >= 15 is 0 Å². The van der Waals surface area contributed by atoms with Crippen molar-refractivity contribution in [3.8, 4) is 6.07 Å². The molecule has 124 valence electrons. The number of fused-ring (bicyclic) bond motifs is 1. The zero-order valence-corrected chi connectivity index (χ0v) is 15.0. The second kappa shape index (κ2) is 6.67. The summed E-state index contributed by atoms with van der Waals surface area (Å²) >= 11 is 3.35. The van der Waals surface area contributed by atoms with E-state index in [2.05, 4.69) is 33.8 Å². The number of carbonyl (C=O) groups excluding carboxylic acids is 1. The van der Waals surface area contributed by atoms with Crippen molar-refractivity contribution < 1.29 is 4.79 Å². The molecule has 1 fully saturated rings. The summed E-state index contributed by atoms with van der Waals surface area (Å²) in [5, 5.41) is 15.3. The van der Waals surface area contributed by atoms with Gasteiger partial charge in [-0.2, -0.15) is 5.26 Å². The van der Waals surface area contributed by atoms with Crippen LogP contribution < -0.4 is 5.32 Å². The lowest BCUT2D eigenvalue weighted by molar-refractivity contribution is -0.117. The van der Waals surface area contributed by atoms with Crippen LogP contribution in [0.2, 0.25) is 0 Å². The molecule has 3 heterocycles. The van der Waals surface area contributed by atoms with Crippen molar-refractivity contribution in [1.29, 1.82) is 5.26 Å². The van der Waals surface area contributed by atoms with Crippen molar-refractivity contribution in [3.05, 3.63) is 38.4 Å². The first-order valence-electron chi connectivity index (χ1n) is 8.38. The van der Waals surface area contributed by atoms with Crippen LogP contribution in [-0.4, -0.2) is 23.9 Å². The third-order valence-electron chi connectivity index (χ3n) is 4.87. The summed E-state index contributed by atoms with van der Waals surface area (Å²) in [6.07, 6.45) is 5.38. The lowest BCUT2D eigenvalue weighted by Gasteiger charge is -2.22. The molecule has 0 bridgehead atoms. The number of hydrogen-bond donors (Lipinski definition) is 1. The number of likely N-dealkylation sites (tertiary alicyclic amines) is 1. The molecule has 4 nitrogen and oxygen atoms in total. The van der Waals surface area contributed by atoms with Crippen LogP contribution in [0, 0.1) is 11.3 Å². The van der Waals surface area contributed by atoms with Gasteiger partial charge < -0.3 is 5.32 Å². The molecular weight excluding hydrogens is 338 g/mol. The number of anilines is 1. The molecule has 24 heavy (non-hydrogen) atoms. The summed E-state index contributed by atoms with van der Waals surface area (Å²) in [5.41, 5.74) is 1.85. The number of nitriles is 1. The molecule has 0 saturated carbocycles. The van der Waals surface area contributed by atoms with Gasteiger partial charge in [-0.25, -0.2) is 0 Å². The van der Waals surface area contributed by atoms with Gasteiger partial charge in [0.2, 0.25) is 5.91 Å². The number of nitrogens with zero attached hydrogens (tertiary/aromatic N) is 2. The molecule has 1 N–H and O–H groups in total. The number of carbonyl (C=O) groups is 1. The Kier molecular flexibility index (Phi) is 4.40. The fourth-order valence-electron chi connectivity index (χ4n) is 3.78. The van der Waals surface area contributed by atoms with Gasteiger partial charge in [-0.1, -0.05) is 6.07 Å². The number of rotatable bonds is 4. The lowest BCUT2D eigenvalue weighted by Crippen LogP contribution is -2.32. The molecule has 1 saturated heterocycles. The van der Waals surface area contributed by atoms with Crippen LogP contribution in [0.15, 0.2) is 17.5 Å². The molecule has 0 spiro atoms. The third kappa shape index (κ3) is 2.88. The van der Waals surface area contributed by atoms with Gasteiger partial charge in [-0.05, 0) is 55.7 Å². The van der Waals surface area contributed by atoms with E-state index in [9.17, 15) is 10.1 Å². The van der Waals surface area contributed by atoms with E-state index in [-0.39, 0.29) is 5.91 Å². The van der Waals surface area contributed by atoms with Crippen LogP contribution in [0.25, 0.3) is 0 Å². The molecule has 2 aromatic heterocycles. The normalized spacial score (nSPS) is 20.0. The van der Waals surface area contributed by atoms with Gasteiger partial charge in [-0.15, -0.1) is 22.7 Å². The fourth-order valence-corrected chi connectivity index (χ4v) is 5.93. The maximum absolute atomic E-state index is 12.5. The Labute approximate surface area is 149 Å². The zero-order valence-electron chi connectivity index (χ0n) is 13.4. The second-order valence-electron chi connectivity index (χ2n) is 6.37. The third-order valence-corrected chi connectivity index (χ3v) is 7.05. The molecule has 1 aliphatic heterocycles. The van der Waals surface area contributed by atoms with E-state index in [0.29, 0.717) is 18.2 Å². The molecule has 2 aromatic rings. The predicted octanol–water partition coefficient (Wildman–Crippen LogP) is 3.95. The quantitative estimate of drug-likeness (QED) is 0.901. The maximum Gasteiger partial charge on any atom is 0.239 e. The van der Waals surface area contributed by atoms with Crippen molar-refractivity contribution in [1.82, 2.24) is 4.90 Å². The van der Waals surface area contributed by atoms with Gasteiger partial charge in [0, 0.05) is 15.8 Å². The maximum atomic E-state index is 12.5. The molecule has 2 aliphatic rings. The topological polar surface area (TPSA) is 56.1 Å². The molecule has 1 amide bonds. The van der Waals surface area contributed by atoms with Crippen LogP contribution in [0.3, 0.4) is 0 Å². The Morgan fingerprint density at radius 3 is 3.12 bits per heavy atom. The average Bonchev–Trinajstić information content (AvgIpc) is 3.31. The predicted molar refractivity (Wildman–Crippen MR) is 97.6 cm³/mol. The first kappa shape index (κ1) is 15.8. The van der Waals surface area contributed by atoms with Crippen molar-refractivity contribution in [2.45, 2.75) is 38.1 Å². The van der Waals surface area contributed by atoms with Crippen molar-refractivity contribution in [3.63, 3.8) is 0 Å². The zero-order chi connectivity index (χ0) is 16.5. The highest BCUT2D eigenvalue weighted by molar-refractivity contribution is 7.16. The van der Waals surface area contributed by atoms with Crippen LogP contribution in [0.5, 0.6) is 0 Å². The van der Waals surface area contributed by atoms with Gasteiger partial charge in [0.15, 0.2) is 0 Å². The highest BCUT2D eigenvalue weighted by Crippen LogP contribution is 2.39. The Hall–Kier alpha value is -1.68. The minimum atomic E-state index is -0.00474. The highest BCUT2D eigenvalue weighted by atomic mass is 32.1. The van der Waals surface area contributed by atoms with Crippen molar-refractivity contribution in [2.75, 3.05) is 18.4 Å². The molecule has 1 aliphatic carbocycles. The molecule has 0 unspecified atom stereocenters. The number of hydrogen-bond acceptors (Lipinski definition) is 5. The summed E-state index contributed by atoms with van der Waals surface area (Å²) in [7, 11) is 0. The Balaban J connectivity index is 1.45. The molecule has 0 aromatic carbocycles. The SMILES string of the molecule is N#Cc1c(NC(=O)CN2CCC[C@@H]2c2cccs2)sc2c1CCC2. The van der Waals surface area contributed by atoms with E-state index in [1.807, 2.05) is 0 Å². The minimum Gasteiger partial charge on any atom is -0.315 e. The number of amides is 1. The van der Waals surface area contributed by atoms with Gasteiger partial charge in [-0.3, -0.25) is 9.69 Å². The second-order valence-corrected chi connectivity index (χ2v) is 8.45. The average molecular weight is 358 g/mol. The van der Waals surface area contributed by atoms with Crippen LogP contribution in [0.4, 0.5) is 5.00 Å². The summed E-state index contributed by atoms with van der Waals surface area (Å²) in [4.78, 5) is 17.4. The van der Waals surface area contributed by atoms with Gasteiger partial charge in [0.1, 0.15) is 11.1 Å².